The number of aliphatic hydroxyl groups excluding tert-OH is 1. The van der Waals surface area contributed by atoms with Crippen LogP contribution in [-0.4, -0.2) is 30.3 Å². The molecule has 0 aliphatic heterocycles. The van der Waals surface area contributed by atoms with Gasteiger partial charge in [-0.05, 0) is 47.0 Å². The molecule has 7 nitrogen and oxygen atoms in total. The fourth-order valence-corrected chi connectivity index (χ4v) is 3.43. The van der Waals surface area contributed by atoms with E-state index in [9.17, 15) is 44.6 Å². The molecule has 3 rings (SSSR count). The van der Waals surface area contributed by atoms with Crippen LogP contribution in [0, 0.1) is 0 Å². The quantitative estimate of drug-likeness (QED) is 0.408. The van der Waals surface area contributed by atoms with Crippen molar-refractivity contribution in [2.24, 2.45) is 7.05 Å². The Morgan fingerprint density at radius 1 is 0.865 bits per heavy atom. The van der Waals surface area contributed by atoms with E-state index in [-0.39, 0.29) is 29.7 Å². The SMILES string of the molecule is CCC(O)c1ncc(C(F)(F)F)cc1CN(Cc1cc(C(F)(F)F)cc(C(F)(F)F)c1)c1nnn(C)n1. The Balaban J connectivity index is 2.12. The lowest BCUT2D eigenvalue weighted by atomic mass is 10.0. The van der Waals surface area contributed by atoms with Gasteiger partial charge in [0.05, 0.1) is 35.5 Å². The molecule has 1 N–H and O–H groups in total. The molecular formula is C21H19F9N6O. The zero-order valence-corrected chi connectivity index (χ0v) is 19.1. The van der Waals surface area contributed by atoms with Crippen LogP contribution in [0.15, 0.2) is 30.5 Å². The van der Waals surface area contributed by atoms with E-state index in [1.165, 1.54) is 14.0 Å². The molecule has 0 aliphatic carbocycles. The third kappa shape index (κ3) is 6.87. The van der Waals surface area contributed by atoms with Crippen molar-refractivity contribution in [1.82, 2.24) is 25.2 Å². The lowest BCUT2D eigenvalue weighted by molar-refractivity contribution is -0.143. The number of tetrazole rings is 1. The summed E-state index contributed by atoms with van der Waals surface area (Å²) in [6.07, 6.45) is -15.7. The number of benzene rings is 1. The number of alkyl halides is 9. The number of nitrogens with zero attached hydrogens (tertiary/aromatic N) is 6. The van der Waals surface area contributed by atoms with E-state index in [1.54, 1.807) is 0 Å². The predicted molar refractivity (Wildman–Crippen MR) is 110 cm³/mol. The monoisotopic (exact) mass is 542 g/mol. The highest BCUT2D eigenvalue weighted by atomic mass is 19.4. The molecule has 0 aliphatic rings. The molecule has 0 fully saturated rings. The van der Waals surface area contributed by atoms with Crippen molar-refractivity contribution in [1.29, 1.82) is 0 Å². The van der Waals surface area contributed by atoms with Gasteiger partial charge in [0.15, 0.2) is 0 Å². The first kappa shape index (κ1) is 28.1. The zero-order chi connectivity index (χ0) is 27.8. The minimum absolute atomic E-state index is 0.0408. The molecule has 0 amide bonds. The van der Waals surface area contributed by atoms with Gasteiger partial charge in [-0.25, -0.2) is 0 Å². The molecule has 1 unspecified atom stereocenters. The van der Waals surface area contributed by atoms with Crippen molar-refractivity contribution in [2.45, 2.75) is 51.1 Å². The Bertz CT molecular complexity index is 1200. The fourth-order valence-electron chi connectivity index (χ4n) is 3.43. The van der Waals surface area contributed by atoms with Gasteiger partial charge in [0.25, 0.3) is 5.95 Å². The Labute approximate surface area is 203 Å². The summed E-state index contributed by atoms with van der Waals surface area (Å²) in [6.45, 7) is 0.320. The number of aryl methyl sites for hydroxylation is 1. The van der Waals surface area contributed by atoms with Crippen molar-refractivity contribution in [3.05, 3.63) is 64.0 Å². The summed E-state index contributed by atoms with van der Waals surface area (Å²) >= 11 is 0. The average Bonchev–Trinajstić information content (AvgIpc) is 3.22. The van der Waals surface area contributed by atoms with Crippen LogP contribution in [0.3, 0.4) is 0 Å². The van der Waals surface area contributed by atoms with E-state index in [0.717, 1.165) is 9.70 Å². The molecule has 2 heterocycles. The van der Waals surface area contributed by atoms with Crippen LogP contribution in [0.5, 0.6) is 0 Å². The molecule has 0 saturated heterocycles. The molecular weight excluding hydrogens is 523 g/mol. The third-order valence-electron chi connectivity index (χ3n) is 5.19. The van der Waals surface area contributed by atoms with E-state index < -0.39 is 60.0 Å². The van der Waals surface area contributed by atoms with Gasteiger partial charge >= 0.3 is 18.5 Å². The molecule has 0 bridgehead atoms. The van der Waals surface area contributed by atoms with Crippen LogP contribution in [-0.2, 0) is 38.7 Å². The Hall–Kier alpha value is -3.43. The summed E-state index contributed by atoms with van der Waals surface area (Å²) < 4.78 is 120. The summed E-state index contributed by atoms with van der Waals surface area (Å²) in [5, 5.41) is 21.4. The largest absolute Gasteiger partial charge is 0.417 e. The summed E-state index contributed by atoms with van der Waals surface area (Å²) in [7, 11) is 1.33. The normalized spacial score (nSPS) is 13.6. The summed E-state index contributed by atoms with van der Waals surface area (Å²) in [6, 6.07) is 1.63. The van der Waals surface area contributed by atoms with Crippen LogP contribution in [0.2, 0.25) is 0 Å². The zero-order valence-electron chi connectivity index (χ0n) is 19.1. The molecule has 2 aromatic heterocycles. The Morgan fingerprint density at radius 3 is 1.89 bits per heavy atom. The first-order valence-electron chi connectivity index (χ1n) is 10.5. The first-order chi connectivity index (χ1) is 17.0. The molecule has 0 radical (unpaired) electrons. The van der Waals surface area contributed by atoms with E-state index in [2.05, 4.69) is 20.4 Å². The van der Waals surface area contributed by atoms with E-state index >= 15 is 0 Å². The molecule has 37 heavy (non-hydrogen) atoms. The molecule has 0 spiro atoms. The van der Waals surface area contributed by atoms with Crippen LogP contribution in [0.4, 0.5) is 45.5 Å². The van der Waals surface area contributed by atoms with Gasteiger partial charge in [0, 0.05) is 19.3 Å². The maximum absolute atomic E-state index is 13.3. The first-order valence-corrected chi connectivity index (χ1v) is 10.5. The molecule has 0 saturated carbocycles. The number of rotatable bonds is 7. The number of hydrogen-bond acceptors (Lipinski definition) is 6. The third-order valence-corrected chi connectivity index (χ3v) is 5.19. The second kappa shape index (κ2) is 10.1. The highest BCUT2D eigenvalue weighted by Gasteiger charge is 2.37. The number of aliphatic hydroxyl groups is 1. The van der Waals surface area contributed by atoms with Crippen molar-refractivity contribution >= 4 is 5.95 Å². The van der Waals surface area contributed by atoms with Crippen molar-refractivity contribution in [3.8, 4) is 0 Å². The van der Waals surface area contributed by atoms with E-state index in [4.69, 9.17) is 0 Å². The lowest BCUT2D eigenvalue weighted by Gasteiger charge is -2.24. The van der Waals surface area contributed by atoms with Gasteiger partial charge in [-0.15, -0.1) is 5.10 Å². The van der Waals surface area contributed by atoms with Crippen molar-refractivity contribution < 1.29 is 44.6 Å². The van der Waals surface area contributed by atoms with E-state index in [0.29, 0.717) is 24.4 Å². The second-order valence-corrected chi connectivity index (χ2v) is 8.04. The summed E-state index contributed by atoms with van der Waals surface area (Å²) in [4.78, 5) is 5.69. The highest BCUT2D eigenvalue weighted by Crippen LogP contribution is 2.37. The number of pyridine rings is 1. The maximum Gasteiger partial charge on any atom is 0.417 e. The molecule has 16 heteroatoms. The van der Waals surface area contributed by atoms with Gasteiger partial charge < -0.3 is 10.0 Å². The number of aromatic nitrogens is 5. The minimum Gasteiger partial charge on any atom is -0.387 e. The predicted octanol–water partition coefficient (Wildman–Crippen LogP) is 5.31. The average molecular weight is 542 g/mol. The van der Waals surface area contributed by atoms with Crippen LogP contribution >= 0.6 is 0 Å². The molecule has 3 aromatic rings. The van der Waals surface area contributed by atoms with Gasteiger partial charge in [0.2, 0.25) is 0 Å². The topological polar surface area (TPSA) is 80.0 Å². The van der Waals surface area contributed by atoms with Gasteiger partial charge in [-0.2, -0.15) is 44.3 Å². The maximum atomic E-state index is 13.3. The summed E-state index contributed by atoms with van der Waals surface area (Å²) in [5.41, 5.74) is -5.09. The smallest absolute Gasteiger partial charge is 0.387 e. The lowest BCUT2D eigenvalue weighted by Crippen LogP contribution is -2.26. The van der Waals surface area contributed by atoms with Crippen LogP contribution in [0.25, 0.3) is 0 Å². The summed E-state index contributed by atoms with van der Waals surface area (Å²) in [5.74, 6) is -0.289. The van der Waals surface area contributed by atoms with Gasteiger partial charge in [-0.3, -0.25) is 4.98 Å². The van der Waals surface area contributed by atoms with Gasteiger partial charge in [0.1, 0.15) is 0 Å². The second-order valence-electron chi connectivity index (χ2n) is 8.04. The molecule has 1 aromatic carbocycles. The Morgan fingerprint density at radius 2 is 1.43 bits per heavy atom. The number of halogens is 9. The van der Waals surface area contributed by atoms with E-state index in [1.807, 2.05) is 0 Å². The minimum atomic E-state index is -5.10. The van der Waals surface area contributed by atoms with Gasteiger partial charge in [-0.1, -0.05) is 12.0 Å². The van der Waals surface area contributed by atoms with Crippen molar-refractivity contribution in [2.75, 3.05) is 4.90 Å². The van der Waals surface area contributed by atoms with Crippen LogP contribution < -0.4 is 4.90 Å². The number of hydrogen-bond donors (Lipinski definition) is 1. The van der Waals surface area contributed by atoms with Crippen molar-refractivity contribution in [3.63, 3.8) is 0 Å². The van der Waals surface area contributed by atoms with Crippen LogP contribution in [0.1, 0.15) is 53.0 Å². The fraction of sp³-hybridized carbons (Fsp3) is 0.429. The molecule has 202 valence electrons. The number of anilines is 1. The Kier molecular flexibility index (Phi) is 7.72. The highest BCUT2D eigenvalue weighted by molar-refractivity contribution is 5.39. The standard InChI is InChI=1S/C21H19F9N6O/c1-3-16(37)17-12(6-15(8-31-17)21(28,29)30)10-36(18-32-34-35(2)33-18)9-11-4-13(19(22,23)24)7-14(5-11)20(25,26)27/h4-8,16,37H,3,9-10H2,1-2H3. The molecule has 1 atom stereocenters.